The van der Waals surface area contributed by atoms with Crippen LogP contribution < -0.4 is 0 Å². The molecule has 0 fully saturated rings. The number of carbonyl (C=O) groups is 1. The predicted octanol–water partition coefficient (Wildman–Crippen LogP) is 0.179. The summed E-state index contributed by atoms with van der Waals surface area (Å²) in [6.45, 7) is 0. The SMILES string of the molecule is O=C(C1=C(O)C(O)C(O)(O)C(O)=C1)c1ccccc1. The van der Waals surface area contributed by atoms with Gasteiger partial charge in [0.25, 0.3) is 5.79 Å². The van der Waals surface area contributed by atoms with Crippen LogP contribution in [0.2, 0.25) is 0 Å². The Labute approximate surface area is 108 Å². The lowest BCUT2D eigenvalue weighted by Crippen LogP contribution is -2.47. The highest BCUT2D eigenvalue weighted by Crippen LogP contribution is 2.30. The number of hydrogen-bond donors (Lipinski definition) is 5. The van der Waals surface area contributed by atoms with Crippen LogP contribution in [0.15, 0.2) is 53.5 Å². The monoisotopic (exact) mass is 264 g/mol. The average molecular weight is 264 g/mol. The molecule has 6 nitrogen and oxygen atoms in total. The average Bonchev–Trinajstić information content (AvgIpc) is 2.41. The molecule has 0 heterocycles. The summed E-state index contributed by atoms with van der Waals surface area (Å²) in [5.74, 6) is -5.59. The van der Waals surface area contributed by atoms with Crippen molar-refractivity contribution in [2.45, 2.75) is 11.9 Å². The molecule has 0 amide bonds. The third kappa shape index (κ3) is 2.12. The lowest BCUT2D eigenvalue weighted by Gasteiger charge is -2.30. The topological polar surface area (TPSA) is 118 Å². The first-order valence-corrected chi connectivity index (χ1v) is 5.42. The molecule has 1 aromatic carbocycles. The number of benzene rings is 1. The van der Waals surface area contributed by atoms with Crippen molar-refractivity contribution >= 4 is 5.78 Å². The Balaban J connectivity index is 2.47. The zero-order valence-electron chi connectivity index (χ0n) is 9.69. The first kappa shape index (κ1) is 13.3. The van der Waals surface area contributed by atoms with Crippen molar-refractivity contribution in [3.8, 4) is 0 Å². The molecule has 1 aliphatic rings. The summed E-state index contributed by atoms with van der Waals surface area (Å²) < 4.78 is 0. The van der Waals surface area contributed by atoms with E-state index in [-0.39, 0.29) is 5.56 Å². The quantitative estimate of drug-likeness (QED) is 0.384. The van der Waals surface area contributed by atoms with Crippen LogP contribution in [0.4, 0.5) is 0 Å². The van der Waals surface area contributed by atoms with E-state index >= 15 is 0 Å². The van der Waals surface area contributed by atoms with Crippen molar-refractivity contribution in [3.05, 3.63) is 59.1 Å². The van der Waals surface area contributed by atoms with Crippen LogP contribution in [-0.4, -0.2) is 43.2 Å². The summed E-state index contributed by atoms with van der Waals surface area (Å²) in [5, 5.41) is 47.2. The standard InChI is InChI=1S/C13H12O6/c14-9-6-8(11(16)12(17)13(9,18)19)10(15)7-4-2-1-3-5-7/h1-6,12,14,16-19H. The number of aliphatic hydroxyl groups is 5. The van der Waals surface area contributed by atoms with Gasteiger partial charge in [0.1, 0.15) is 5.76 Å². The lowest BCUT2D eigenvalue weighted by molar-refractivity contribution is -0.212. The van der Waals surface area contributed by atoms with Crippen molar-refractivity contribution in [1.29, 1.82) is 0 Å². The van der Waals surface area contributed by atoms with Crippen LogP contribution in [0.5, 0.6) is 0 Å². The van der Waals surface area contributed by atoms with Gasteiger partial charge in [-0.05, 0) is 6.08 Å². The fraction of sp³-hybridized carbons (Fsp3) is 0.154. The van der Waals surface area contributed by atoms with Crippen LogP contribution >= 0.6 is 0 Å². The van der Waals surface area contributed by atoms with Crippen molar-refractivity contribution in [1.82, 2.24) is 0 Å². The van der Waals surface area contributed by atoms with Gasteiger partial charge in [0, 0.05) is 5.56 Å². The second-order valence-electron chi connectivity index (χ2n) is 4.15. The minimum Gasteiger partial charge on any atom is -0.509 e. The Morgan fingerprint density at radius 1 is 1.11 bits per heavy atom. The molecule has 1 atom stereocenters. The second-order valence-corrected chi connectivity index (χ2v) is 4.15. The van der Waals surface area contributed by atoms with Crippen molar-refractivity contribution < 1.29 is 30.3 Å². The second kappa shape index (κ2) is 4.51. The van der Waals surface area contributed by atoms with Gasteiger partial charge in [0.05, 0.1) is 5.57 Å². The molecular weight excluding hydrogens is 252 g/mol. The summed E-state index contributed by atoms with van der Waals surface area (Å²) >= 11 is 0. The number of allylic oxidation sites excluding steroid dienone is 2. The van der Waals surface area contributed by atoms with E-state index in [1.165, 1.54) is 12.1 Å². The molecule has 0 bridgehead atoms. The highest BCUT2D eigenvalue weighted by molar-refractivity contribution is 6.11. The van der Waals surface area contributed by atoms with Crippen LogP contribution in [0.1, 0.15) is 10.4 Å². The van der Waals surface area contributed by atoms with Gasteiger partial charge >= 0.3 is 0 Å². The number of Topliss-reactive ketones (excluding diaryl/α,β-unsaturated/α-hetero) is 1. The Bertz CT molecular complexity index is 570. The highest BCUT2D eigenvalue weighted by atomic mass is 16.5. The fourth-order valence-corrected chi connectivity index (χ4v) is 1.72. The summed E-state index contributed by atoms with van der Waals surface area (Å²) in [7, 11) is 0. The molecule has 0 radical (unpaired) electrons. The van der Waals surface area contributed by atoms with Crippen LogP contribution in [-0.2, 0) is 0 Å². The number of hydrogen-bond acceptors (Lipinski definition) is 6. The molecule has 1 aliphatic carbocycles. The van der Waals surface area contributed by atoms with E-state index in [2.05, 4.69) is 0 Å². The zero-order valence-corrected chi connectivity index (χ0v) is 9.69. The maximum Gasteiger partial charge on any atom is 0.257 e. The van der Waals surface area contributed by atoms with Crippen molar-refractivity contribution in [2.75, 3.05) is 0 Å². The largest absolute Gasteiger partial charge is 0.509 e. The molecular formula is C13H12O6. The van der Waals surface area contributed by atoms with E-state index in [1.807, 2.05) is 0 Å². The molecule has 0 aliphatic heterocycles. The summed E-state index contributed by atoms with van der Waals surface area (Å²) in [6, 6.07) is 7.88. The van der Waals surface area contributed by atoms with E-state index in [0.29, 0.717) is 0 Å². The van der Waals surface area contributed by atoms with Gasteiger partial charge in [-0.2, -0.15) is 0 Å². The van der Waals surface area contributed by atoms with Gasteiger partial charge in [-0.1, -0.05) is 30.3 Å². The van der Waals surface area contributed by atoms with Gasteiger partial charge in [-0.25, -0.2) is 0 Å². The first-order chi connectivity index (χ1) is 8.85. The zero-order chi connectivity index (χ0) is 14.2. The Morgan fingerprint density at radius 2 is 1.68 bits per heavy atom. The summed E-state index contributed by atoms with van der Waals surface area (Å²) in [4.78, 5) is 12.1. The van der Waals surface area contributed by atoms with Crippen molar-refractivity contribution in [3.63, 3.8) is 0 Å². The normalized spacial score (nSPS) is 22.1. The van der Waals surface area contributed by atoms with Crippen LogP contribution in [0, 0.1) is 0 Å². The number of aliphatic hydroxyl groups excluding tert-OH is 3. The molecule has 0 aromatic heterocycles. The summed E-state index contributed by atoms with van der Waals surface area (Å²) in [5.41, 5.74) is -0.168. The molecule has 100 valence electrons. The molecule has 6 heteroatoms. The molecule has 1 unspecified atom stereocenters. The Kier molecular flexibility index (Phi) is 3.15. The van der Waals surface area contributed by atoms with Crippen molar-refractivity contribution in [2.24, 2.45) is 0 Å². The van der Waals surface area contributed by atoms with E-state index in [4.69, 9.17) is 0 Å². The third-order valence-corrected chi connectivity index (χ3v) is 2.85. The number of ketones is 1. The van der Waals surface area contributed by atoms with Gasteiger partial charge in [0.2, 0.25) is 0 Å². The fourth-order valence-electron chi connectivity index (χ4n) is 1.72. The van der Waals surface area contributed by atoms with Crippen LogP contribution in [0.3, 0.4) is 0 Å². The molecule has 2 rings (SSSR count). The Morgan fingerprint density at radius 3 is 2.26 bits per heavy atom. The highest BCUT2D eigenvalue weighted by Gasteiger charge is 2.45. The number of rotatable bonds is 2. The minimum atomic E-state index is -3.01. The van der Waals surface area contributed by atoms with E-state index in [0.717, 1.165) is 6.08 Å². The molecule has 1 aromatic rings. The third-order valence-electron chi connectivity index (χ3n) is 2.85. The van der Waals surface area contributed by atoms with E-state index in [1.54, 1.807) is 18.2 Å². The maximum atomic E-state index is 12.1. The van der Waals surface area contributed by atoms with Gasteiger partial charge in [-0.15, -0.1) is 0 Å². The van der Waals surface area contributed by atoms with Gasteiger partial charge in [-0.3, -0.25) is 4.79 Å². The molecule has 5 N–H and O–H groups in total. The molecule has 0 spiro atoms. The summed E-state index contributed by atoms with van der Waals surface area (Å²) in [6.07, 6.45) is -1.47. The molecule has 19 heavy (non-hydrogen) atoms. The number of carbonyl (C=O) groups excluding carboxylic acids is 1. The van der Waals surface area contributed by atoms with E-state index in [9.17, 15) is 30.3 Å². The smallest absolute Gasteiger partial charge is 0.257 e. The van der Waals surface area contributed by atoms with Gasteiger partial charge in [0.15, 0.2) is 17.6 Å². The predicted molar refractivity (Wildman–Crippen MR) is 64.3 cm³/mol. The van der Waals surface area contributed by atoms with E-state index < -0.39 is 34.8 Å². The lowest BCUT2D eigenvalue weighted by atomic mass is 9.91. The first-order valence-electron chi connectivity index (χ1n) is 5.42. The Hall–Kier alpha value is -2.15. The maximum absolute atomic E-state index is 12.1. The molecule has 0 saturated carbocycles. The van der Waals surface area contributed by atoms with Crippen LogP contribution in [0.25, 0.3) is 0 Å². The molecule has 0 saturated heterocycles. The van der Waals surface area contributed by atoms with Gasteiger partial charge < -0.3 is 25.5 Å². The minimum absolute atomic E-state index is 0.226.